The highest BCUT2D eigenvalue weighted by atomic mass is 127. The first-order chi connectivity index (χ1) is 5.85. The van der Waals surface area contributed by atoms with E-state index in [2.05, 4.69) is 5.10 Å². The molecule has 1 rings (SSSR count). The van der Waals surface area contributed by atoms with E-state index in [0.717, 1.165) is 8.39 Å². The molecule has 0 N–H and O–H groups in total. The minimum absolute atomic E-state index is 0.162. The Morgan fingerprint density at radius 1 is 1.62 bits per heavy atom. The number of hydrogen-bond donors (Lipinski definition) is 0. The van der Waals surface area contributed by atoms with Crippen LogP contribution in [0.4, 0.5) is 0 Å². The van der Waals surface area contributed by atoms with Crippen LogP contribution in [0.25, 0.3) is 0 Å². The molecule has 0 saturated carbocycles. The van der Waals surface area contributed by atoms with Crippen molar-refractivity contribution in [1.29, 1.82) is 0 Å². The number of nitrogens with zero attached hydrogens (tertiary/aromatic N) is 3. The van der Waals surface area contributed by atoms with Crippen LogP contribution in [0.15, 0.2) is 6.07 Å². The van der Waals surface area contributed by atoms with Gasteiger partial charge >= 0.3 is 10.2 Å². The van der Waals surface area contributed by atoms with Gasteiger partial charge in [0.15, 0.2) is 5.15 Å². The Hall–Kier alpha value is 0.140. The van der Waals surface area contributed by atoms with Crippen molar-refractivity contribution < 1.29 is 8.42 Å². The summed E-state index contributed by atoms with van der Waals surface area (Å²) >= 11 is 7.41. The van der Waals surface area contributed by atoms with Gasteiger partial charge in [-0.3, -0.25) is 0 Å². The first-order valence-corrected chi connectivity index (χ1v) is 6.05. The van der Waals surface area contributed by atoms with Crippen LogP contribution in [-0.2, 0) is 10.2 Å². The topological polar surface area (TPSA) is 55.2 Å². The van der Waals surface area contributed by atoms with Crippen LogP contribution >= 0.6 is 34.2 Å². The van der Waals surface area contributed by atoms with Crippen LogP contribution in [0, 0.1) is 3.70 Å². The Morgan fingerprint density at radius 2 is 2.15 bits per heavy atom. The number of halogens is 2. The van der Waals surface area contributed by atoms with Crippen LogP contribution in [0.5, 0.6) is 0 Å². The molecule has 0 bridgehead atoms. The van der Waals surface area contributed by atoms with Crippen molar-refractivity contribution >= 4 is 44.4 Å². The molecule has 0 fully saturated rings. The third-order valence-corrected chi connectivity index (χ3v) is 4.21. The smallest absolute Gasteiger partial charge is 0.189 e. The maximum Gasteiger partial charge on any atom is 0.323 e. The zero-order valence-corrected chi connectivity index (χ0v) is 10.6. The molecule has 5 nitrogen and oxygen atoms in total. The van der Waals surface area contributed by atoms with Gasteiger partial charge in [0, 0.05) is 20.2 Å². The fraction of sp³-hybridized carbons (Fsp3) is 0.400. The van der Waals surface area contributed by atoms with Crippen molar-refractivity contribution in [3.8, 4) is 0 Å². The summed E-state index contributed by atoms with van der Waals surface area (Å²) in [4.78, 5) is 0. The molecule has 0 unspecified atom stereocenters. The largest absolute Gasteiger partial charge is 0.323 e. The quantitative estimate of drug-likeness (QED) is 0.751. The van der Waals surface area contributed by atoms with Gasteiger partial charge in [-0.15, -0.1) is 9.19 Å². The Balaban J connectivity index is 3.31. The van der Waals surface area contributed by atoms with Gasteiger partial charge in [-0.1, -0.05) is 11.6 Å². The Labute approximate surface area is 95.0 Å². The molecular formula is C5H7ClIN3O2S. The first-order valence-electron chi connectivity index (χ1n) is 3.20. The molecule has 74 valence electrons. The minimum atomic E-state index is -3.54. The van der Waals surface area contributed by atoms with Gasteiger partial charge < -0.3 is 0 Å². The summed E-state index contributed by atoms with van der Waals surface area (Å²) in [6, 6.07) is 1.48. The standard InChI is InChI=1S/C5H7ClIN3O2S/c1-9(2)13(11,12)10-5(7)3-4(6)8-10/h3H,1-2H3. The maximum atomic E-state index is 11.5. The van der Waals surface area contributed by atoms with E-state index >= 15 is 0 Å². The Bertz CT molecular complexity index is 413. The van der Waals surface area contributed by atoms with Crippen LogP contribution in [-0.4, -0.2) is 36.0 Å². The van der Waals surface area contributed by atoms with Crippen molar-refractivity contribution in [2.24, 2.45) is 0 Å². The zero-order valence-electron chi connectivity index (χ0n) is 6.90. The summed E-state index contributed by atoms with van der Waals surface area (Å²) in [5, 5.41) is 3.81. The minimum Gasteiger partial charge on any atom is -0.189 e. The van der Waals surface area contributed by atoms with Crippen molar-refractivity contribution in [3.05, 3.63) is 14.9 Å². The van der Waals surface area contributed by atoms with Crippen molar-refractivity contribution in [3.63, 3.8) is 0 Å². The predicted octanol–water partition coefficient (Wildman–Crippen LogP) is 0.796. The molecule has 0 spiro atoms. The highest BCUT2D eigenvalue weighted by molar-refractivity contribution is 14.1. The molecule has 0 atom stereocenters. The van der Waals surface area contributed by atoms with E-state index in [4.69, 9.17) is 11.6 Å². The third-order valence-electron chi connectivity index (χ3n) is 1.29. The second kappa shape index (κ2) is 3.71. The Morgan fingerprint density at radius 3 is 2.46 bits per heavy atom. The summed E-state index contributed by atoms with van der Waals surface area (Å²) in [5.74, 6) is 0. The van der Waals surface area contributed by atoms with E-state index in [1.165, 1.54) is 20.2 Å². The lowest BCUT2D eigenvalue weighted by atomic mass is 10.8. The molecule has 0 amide bonds. The Kier molecular flexibility index (Phi) is 3.20. The van der Waals surface area contributed by atoms with Gasteiger partial charge in [0.1, 0.15) is 3.70 Å². The van der Waals surface area contributed by atoms with Crippen LogP contribution in [0.2, 0.25) is 5.15 Å². The average Bonchev–Trinajstić information content (AvgIpc) is 2.30. The van der Waals surface area contributed by atoms with E-state index in [-0.39, 0.29) is 5.15 Å². The van der Waals surface area contributed by atoms with Crippen molar-refractivity contribution in [2.75, 3.05) is 14.1 Å². The molecule has 8 heteroatoms. The summed E-state index contributed by atoms with van der Waals surface area (Å²) in [7, 11) is -0.677. The second-order valence-corrected chi connectivity index (χ2v) is 5.89. The van der Waals surface area contributed by atoms with E-state index in [1.807, 2.05) is 22.6 Å². The summed E-state index contributed by atoms with van der Waals surface area (Å²) in [5.41, 5.74) is 0. The van der Waals surface area contributed by atoms with Crippen molar-refractivity contribution in [2.45, 2.75) is 0 Å². The van der Waals surface area contributed by atoms with E-state index < -0.39 is 10.2 Å². The van der Waals surface area contributed by atoms with Gasteiger partial charge in [-0.2, -0.15) is 12.7 Å². The van der Waals surface area contributed by atoms with Gasteiger partial charge in [-0.05, 0) is 22.6 Å². The van der Waals surface area contributed by atoms with E-state index in [9.17, 15) is 8.42 Å². The zero-order chi connectivity index (χ0) is 10.2. The molecule has 0 aliphatic carbocycles. The normalized spacial score (nSPS) is 12.4. The lowest BCUT2D eigenvalue weighted by Gasteiger charge is -2.11. The summed E-state index contributed by atoms with van der Waals surface area (Å²) in [6.07, 6.45) is 0. The molecule has 0 aliphatic heterocycles. The van der Waals surface area contributed by atoms with Gasteiger partial charge in [0.25, 0.3) is 0 Å². The number of hydrogen-bond acceptors (Lipinski definition) is 3. The van der Waals surface area contributed by atoms with Crippen molar-refractivity contribution in [1.82, 2.24) is 13.5 Å². The molecule has 1 heterocycles. The molecule has 0 aromatic carbocycles. The first kappa shape index (κ1) is 11.2. The molecular weight excluding hydrogens is 328 g/mol. The maximum absolute atomic E-state index is 11.5. The number of rotatable bonds is 2. The van der Waals surface area contributed by atoms with Gasteiger partial charge in [-0.25, -0.2) is 0 Å². The lowest BCUT2D eigenvalue weighted by molar-refractivity contribution is 0.502. The SMILES string of the molecule is CN(C)S(=O)(=O)n1nc(Cl)cc1I. The third kappa shape index (κ3) is 2.14. The van der Waals surface area contributed by atoms with Crippen LogP contribution in [0.3, 0.4) is 0 Å². The fourth-order valence-corrected chi connectivity index (χ4v) is 2.96. The molecule has 0 saturated heterocycles. The highest BCUT2D eigenvalue weighted by Crippen LogP contribution is 2.14. The second-order valence-electron chi connectivity index (χ2n) is 2.42. The highest BCUT2D eigenvalue weighted by Gasteiger charge is 2.20. The predicted molar refractivity (Wildman–Crippen MR) is 58.0 cm³/mol. The molecule has 13 heavy (non-hydrogen) atoms. The van der Waals surface area contributed by atoms with E-state index in [0.29, 0.717) is 3.70 Å². The lowest BCUT2D eigenvalue weighted by Crippen LogP contribution is -2.30. The molecule has 1 aromatic heterocycles. The average molecular weight is 336 g/mol. The summed E-state index contributed by atoms with van der Waals surface area (Å²) < 4.78 is 25.5. The van der Waals surface area contributed by atoms with Crippen LogP contribution < -0.4 is 0 Å². The fourth-order valence-electron chi connectivity index (χ4n) is 0.633. The van der Waals surface area contributed by atoms with Gasteiger partial charge in [0.05, 0.1) is 0 Å². The number of aromatic nitrogens is 2. The molecule has 0 radical (unpaired) electrons. The molecule has 1 aromatic rings. The monoisotopic (exact) mass is 335 g/mol. The van der Waals surface area contributed by atoms with Gasteiger partial charge in [0.2, 0.25) is 0 Å². The van der Waals surface area contributed by atoms with Crippen LogP contribution in [0.1, 0.15) is 0 Å². The summed E-state index contributed by atoms with van der Waals surface area (Å²) in [6.45, 7) is 0. The van der Waals surface area contributed by atoms with E-state index in [1.54, 1.807) is 0 Å². The molecule has 0 aliphatic rings.